The van der Waals surface area contributed by atoms with Gasteiger partial charge in [0.1, 0.15) is 11.9 Å². The second kappa shape index (κ2) is 4.76. The first-order chi connectivity index (χ1) is 9.63. The van der Waals surface area contributed by atoms with Gasteiger partial charge in [0, 0.05) is 5.69 Å². The van der Waals surface area contributed by atoms with E-state index in [1.165, 1.54) is 4.68 Å². The zero-order valence-corrected chi connectivity index (χ0v) is 10.8. The fourth-order valence-corrected chi connectivity index (χ4v) is 2.12. The van der Waals surface area contributed by atoms with E-state index >= 15 is 0 Å². The van der Waals surface area contributed by atoms with Crippen LogP contribution in [0.5, 0.6) is 0 Å². The van der Waals surface area contributed by atoms with Crippen LogP contribution in [0.15, 0.2) is 30.3 Å². The molecule has 3 rings (SSSR count). The molecule has 1 aromatic carbocycles. The smallest absolute Gasteiger partial charge is 0.249 e. The summed E-state index contributed by atoms with van der Waals surface area (Å²) < 4.78 is 1.45. The van der Waals surface area contributed by atoms with Gasteiger partial charge >= 0.3 is 0 Å². The minimum atomic E-state index is -0.680. The van der Waals surface area contributed by atoms with Gasteiger partial charge in [0.25, 0.3) is 0 Å². The number of hydrogen-bond donors (Lipinski definition) is 2. The molecule has 1 atom stereocenters. The number of hydrogen-bond acceptors (Lipinski definition) is 4. The van der Waals surface area contributed by atoms with Gasteiger partial charge in [0.05, 0.1) is 6.42 Å². The molecule has 2 heterocycles. The Bertz CT molecular complexity index is 665. The normalized spacial score (nSPS) is 17.2. The Kier molecular flexibility index (Phi) is 2.94. The van der Waals surface area contributed by atoms with Crippen LogP contribution in [-0.4, -0.2) is 26.6 Å². The lowest BCUT2D eigenvalue weighted by atomic mass is 10.1. The average Bonchev–Trinajstić information content (AvgIpc) is 2.78. The van der Waals surface area contributed by atoms with Crippen molar-refractivity contribution in [1.29, 1.82) is 0 Å². The van der Waals surface area contributed by atoms with Gasteiger partial charge in [-0.15, -0.1) is 0 Å². The van der Waals surface area contributed by atoms with Crippen LogP contribution in [0.2, 0.25) is 0 Å². The third-order valence-corrected chi connectivity index (χ3v) is 3.01. The van der Waals surface area contributed by atoms with Crippen molar-refractivity contribution in [1.82, 2.24) is 14.8 Å². The van der Waals surface area contributed by atoms with Gasteiger partial charge in [0.2, 0.25) is 17.8 Å². The minimum Gasteiger partial charge on any atom is -0.324 e. The molecule has 0 radical (unpaired) electrons. The van der Waals surface area contributed by atoms with E-state index in [9.17, 15) is 9.59 Å². The molecule has 2 aromatic rings. The van der Waals surface area contributed by atoms with E-state index in [-0.39, 0.29) is 18.2 Å². The van der Waals surface area contributed by atoms with Gasteiger partial charge in [-0.3, -0.25) is 14.9 Å². The Hall–Kier alpha value is -2.70. The molecule has 7 nitrogen and oxygen atoms in total. The first kappa shape index (κ1) is 12.3. The van der Waals surface area contributed by atoms with E-state index in [0.29, 0.717) is 17.5 Å². The van der Waals surface area contributed by atoms with E-state index in [2.05, 4.69) is 20.7 Å². The number of carbonyl (C=O) groups excluding carboxylic acids is 2. The summed E-state index contributed by atoms with van der Waals surface area (Å²) in [5.74, 6) is 0.307. The standard InChI is InChI=1S/C13H13N5O2/c1-8-14-13-16-11(19)7-10(18(13)17-8)12(20)15-9-5-3-2-4-6-9/h2-6,10H,7H2,1H3,(H,15,20)(H,14,16,17,19)/t10-/m0/s1. The number of aryl methyl sites for hydroxylation is 1. The lowest BCUT2D eigenvalue weighted by molar-refractivity contribution is -0.125. The van der Waals surface area contributed by atoms with Gasteiger partial charge in [-0.1, -0.05) is 18.2 Å². The number of fused-ring (bicyclic) bond motifs is 1. The third kappa shape index (κ3) is 2.25. The highest BCUT2D eigenvalue weighted by atomic mass is 16.2. The van der Waals surface area contributed by atoms with Gasteiger partial charge in [-0.2, -0.15) is 10.1 Å². The predicted octanol–water partition coefficient (Wildman–Crippen LogP) is 1.11. The van der Waals surface area contributed by atoms with Crippen LogP contribution in [0.25, 0.3) is 0 Å². The third-order valence-electron chi connectivity index (χ3n) is 3.01. The van der Waals surface area contributed by atoms with Crippen LogP contribution in [0, 0.1) is 6.92 Å². The molecule has 0 unspecified atom stereocenters. The molecule has 0 bridgehead atoms. The first-order valence-electron chi connectivity index (χ1n) is 6.22. The number of aromatic nitrogens is 3. The summed E-state index contributed by atoms with van der Waals surface area (Å²) in [6.45, 7) is 1.71. The van der Waals surface area contributed by atoms with E-state index in [0.717, 1.165) is 0 Å². The molecule has 0 fully saturated rings. The van der Waals surface area contributed by atoms with Crippen LogP contribution in [0.1, 0.15) is 18.3 Å². The van der Waals surface area contributed by atoms with Crippen LogP contribution < -0.4 is 10.6 Å². The van der Waals surface area contributed by atoms with Crippen molar-refractivity contribution in [3.05, 3.63) is 36.2 Å². The summed E-state index contributed by atoms with van der Waals surface area (Å²) in [6, 6.07) is 8.41. The maximum absolute atomic E-state index is 12.3. The molecule has 2 N–H and O–H groups in total. The SMILES string of the molecule is Cc1nc2n(n1)[C@H](C(=O)Nc1ccccc1)CC(=O)N2. The quantitative estimate of drug-likeness (QED) is 0.856. The molecule has 1 aromatic heterocycles. The zero-order chi connectivity index (χ0) is 14.1. The van der Waals surface area contributed by atoms with Crippen molar-refractivity contribution < 1.29 is 9.59 Å². The maximum atomic E-state index is 12.3. The topological polar surface area (TPSA) is 88.9 Å². The van der Waals surface area contributed by atoms with Crippen molar-refractivity contribution >= 4 is 23.5 Å². The van der Waals surface area contributed by atoms with Crippen molar-refractivity contribution in [2.75, 3.05) is 10.6 Å². The Labute approximate surface area is 115 Å². The number of benzene rings is 1. The number of nitrogens with zero attached hydrogens (tertiary/aromatic N) is 3. The van der Waals surface area contributed by atoms with Crippen LogP contribution in [0.3, 0.4) is 0 Å². The summed E-state index contributed by atoms with van der Waals surface area (Å²) >= 11 is 0. The largest absolute Gasteiger partial charge is 0.324 e. The summed E-state index contributed by atoms with van der Waals surface area (Å²) in [4.78, 5) is 28.0. The Balaban J connectivity index is 1.86. The van der Waals surface area contributed by atoms with E-state index < -0.39 is 6.04 Å². The second-order valence-electron chi connectivity index (χ2n) is 4.55. The van der Waals surface area contributed by atoms with Gasteiger partial charge in [0.15, 0.2) is 0 Å². The molecular weight excluding hydrogens is 258 g/mol. The number of carbonyl (C=O) groups is 2. The molecule has 7 heteroatoms. The number of nitrogens with one attached hydrogen (secondary N) is 2. The molecule has 0 saturated heterocycles. The summed E-state index contributed by atoms with van der Waals surface area (Å²) in [7, 11) is 0. The van der Waals surface area contributed by atoms with Crippen molar-refractivity contribution in [2.24, 2.45) is 0 Å². The lowest BCUT2D eigenvalue weighted by Gasteiger charge is -2.22. The lowest BCUT2D eigenvalue weighted by Crippen LogP contribution is -2.36. The van der Waals surface area contributed by atoms with Crippen LogP contribution in [-0.2, 0) is 9.59 Å². The highest BCUT2D eigenvalue weighted by molar-refractivity contribution is 6.00. The molecule has 0 spiro atoms. The maximum Gasteiger partial charge on any atom is 0.249 e. The van der Waals surface area contributed by atoms with E-state index in [1.807, 2.05) is 18.2 Å². The van der Waals surface area contributed by atoms with Crippen molar-refractivity contribution in [2.45, 2.75) is 19.4 Å². The van der Waals surface area contributed by atoms with Crippen molar-refractivity contribution in [3.63, 3.8) is 0 Å². The molecule has 0 aliphatic carbocycles. The molecule has 1 aliphatic heterocycles. The Morgan fingerprint density at radius 3 is 2.90 bits per heavy atom. The summed E-state index contributed by atoms with van der Waals surface area (Å²) in [6.07, 6.45) is 0.0501. The Morgan fingerprint density at radius 2 is 2.15 bits per heavy atom. The molecule has 1 aliphatic rings. The monoisotopic (exact) mass is 271 g/mol. The van der Waals surface area contributed by atoms with Crippen molar-refractivity contribution in [3.8, 4) is 0 Å². The highest BCUT2D eigenvalue weighted by Crippen LogP contribution is 2.23. The molecule has 0 saturated carbocycles. The molecule has 2 amide bonds. The van der Waals surface area contributed by atoms with Gasteiger partial charge in [-0.25, -0.2) is 4.68 Å². The van der Waals surface area contributed by atoms with E-state index in [4.69, 9.17) is 0 Å². The first-order valence-corrected chi connectivity index (χ1v) is 6.22. The molecule has 20 heavy (non-hydrogen) atoms. The van der Waals surface area contributed by atoms with E-state index in [1.54, 1.807) is 19.1 Å². The number of amides is 2. The average molecular weight is 271 g/mol. The zero-order valence-electron chi connectivity index (χ0n) is 10.8. The second-order valence-corrected chi connectivity index (χ2v) is 4.55. The predicted molar refractivity (Wildman–Crippen MR) is 72.1 cm³/mol. The molecular formula is C13H13N5O2. The fourth-order valence-electron chi connectivity index (χ4n) is 2.12. The summed E-state index contributed by atoms with van der Waals surface area (Å²) in [5, 5.41) is 9.53. The number of para-hydroxylation sites is 1. The van der Waals surface area contributed by atoms with Gasteiger partial charge < -0.3 is 5.32 Å². The number of rotatable bonds is 2. The highest BCUT2D eigenvalue weighted by Gasteiger charge is 2.32. The van der Waals surface area contributed by atoms with Gasteiger partial charge in [-0.05, 0) is 19.1 Å². The summed E-state index contributed by atoms with van der Waals surface area (Å²) in [5.41, 5.74) is 0.682. The molecule has 102 valence electrons. The number of anilines is 2. The minimum absolute atomic E-state index is 0.0501. The fraction of sp³-hybridized carbons (Fsp3) is 0.231. The van der Waals surface area contributed by atoms with Crippen LogP contribution in [0.4, 0.5) is 11.6 Å². The van der Waals surface area contributed by atoms with Crippen LogP contribution >= 0.6 is 0 Å². The Morgan fingerprint density at radius 1 is 1.40 bits per heavy atom.